The van der Waals surface area contributed by atoms with Crippen LogP contribution in [0.25, 0.3) is 11.0 Å². The third-order valence-electron chi connectivity index (χ3n) is 4.25. The lowest BCUT2D eigenvalue weighted by molar-refractivity contribution is 0.0920. The summed E-state index contributed by atoms with van der Waals surface area (Å²) in [5.41, 5.74) is 2.00. The van der Waals surface area contributed by atoms with Crippen molar-refractivity contribution in [1.82, 2.24) is 20.3 Å². The molecule has 2 aromatic heterocycles. The molecule has 0 unspecified atom stereocenters. The maximum atomic E-state index is 12.5. The molecule has 2 atom stereocenters. The van der Waals surface area contributed by atoms with Crippen LogP contribution in [0.3, 0.4) is 0 Å². The lowest BCUT2D eigenvalue weighted by Crippen LogP contribution is -2.33. The zero-order chi connectivity index (χ0) is 17.1. The van der Waals surface area contributed by atoms with Gasteiger partial charge in [0.2, 0.25) is 5.56 Å². The van der Waals surface area contributed by atoms with Gasteiger partial charge in [0.15, 0.2) is 0 Å². The number of imidazole rings is 1. The Labute approximate surface area is 139 Å². The molecule has 0 spiro atoms. The number of pyridine rings is 1. The summed E-state index contributed by atoms with van der Waals surface area (Å²) >= 11 is 0. The van der Waals surface area contributed by atoms with Crippen LogP contribution in [0.15, 0.2) is 47.4 Å². The minimum atomic E-state index is -0.239. The number of hydrogen-bond donors (Lipinski definition) is 3. The third kappa shape index (κ3) is 3.22. The average molecular weight is 324 g/mol. The summed E-state index contributed by atoms with van der Waals surface area (Å²) in [4.78, 5) is 34.1. The minimum Gasteiger partial charge on any atom is -0.342 e. The molecule has 24 heavy (non-hydrogen) atoms. The standard InChI is InChI=1S/C18H20N4O2/c1-3-11(2)16(17-20-13-6-4-5-7-14(13)21-17)22-18(24)12-8-9-15(23)19-10-12/h4-11,16H,3H2,1-2H3,(H,19,23)(H,20,21)(H,22,24)/t11-,16+/m1/s1. The molecule has 0 saturated heterocycles. The van der Waals surface area contributed by atoms with E-state index in [0.717, 1.165) is 23.3 Å². The molecule has 0 bridgehead atoms. The normalized spacial score (nSPS) is 13.6. The molecule has 0 saturated carbocycles. The summed E-state index contributed by atoms with van der Waals surface area (Å²) in [6, 6.07) is 10.4. The van der Waals surface area contributed by atoms with Crippen LogP contribution >= 0.6 is 0 Å². The van der Waals surface area contributed by atoms with Gasteiger partial charge < -0.3 is 15.3 Å². The number of H-pyrrole nitrogens is 2. The molecular weight excluding hydrogens is 304 g/mol. The van der Waals surface area contributed by atoms with Crippen molar-refractivity contribution in [2.75, 3.05) is 0 Å². The number of hydrogen-bond acceptors (Lipinski definition) is 3. The average Bonchev–Trinajstić information content (AvgIpc) is 3.03. The Morgan fingerprint density at radius 3 is 2.71 bits per heavy atom. The summed E-state index contributed by atoms with van der Waals surface area (Å²) in [5, 5.41) is 3.03. The molecule has 2 heterocycles. The van der Waals surface area contributed by atoms with Crippen LogP contribution in [0.1, 0.15) is 42.5 Å². The van der Waals surface area contributed by atoms with Crippen LogP contribution in [0.5, 0.6) is 0 Å². The van der Waals surface area contributed by atoms with Crippen molar-refractivity contribution in [1.29, 1.82) is 0 Å². The summed E-state index contributed by atoms with van der Waals surface area (Å²) < 4.78 is 0. The predicted octanol–water partition coefficient (Wildman–Crippen LogP) is 2.77. The largest absolute Gasteiger partial charge is 0.342 e. The second kappa shape index (κ2) is 6.70. The van der Waals surface area contributed by atoms with Crippen LogP contribution in [0, 0.1) is 5.92 Å². The Bertz CT molecular complexity index is 859. The number of rotatable bonds is 5. The van der Waals surface area contributed by atoms with Gasteiger partial charge in [0.05, 0.1) is 22.6 Å². The molecule has 0 fully saturated rings. The molecule has 3 N–H and O–H groups in total. The number of nitrogens with zero attached hydrogens (tertiary/aromatic N) is 1. The van der Waals surface area contributed by atoms with Crippen molar-refractivity contribution in [2.24, 2.45) is 5.92 Å². The van der Waals surface area contributed by atoms with Crippen molar-refractivity contribution in [3.05, 3.63) is 64.3 Å². The number of carbonyl (C=O) groups excluding carboxylic acids is 1. The van der Waals surface area contributed by atoms with Crippen molar-refractivity contribution >= 4 is 16.9 Å². The second-order valence-corrected chi connectivity index (χ2v) is 5.92. The summed E-state index contributed by atoms with van der Waals surface area (Å²) in [5.74, 6) is 0.706. The lowest BCUT2D eigenvalue weighted by Gasteiger charge is -2.22. The Kier molecular flexibility index (Phi) is 4.46. The fraction of sp³-hybridized carbons (Fsp3) is 0.278. The van der Waals surface area contributed by atoms with E-state index < -0.39 is 0 Å². The molecule has 3 aromatic rings. The molecule has 1 amide bonds. The molecule has 0 aliphatic heterocycles. The maximum Gasteiger partial charge on any atom is 0.253 e. The number of aromatic nitrogens is 3. The maximum absolute atomic E-state index is 12.5. The molecule has 6 nitrogen and oxygen atoms in total. The monoisotopic (exact) mass is 324 g/mol. The molecule has 6 heteroatoms. The molecule has 0 radical (unpaired) electrons. The number of carbonyl (C=O) groups is 1. The molecule has 3 rings (SSSR count). The van der Waals surface area contributed by atoms with E-state index in [0.29, 0.717) is 5.56 Å². The van der Waals surface area contributed by atoms with Gasteiger partial charge in [-0.2, -0.15) is 0 Å². The highest BCUT2D eigenvalue weighted by Crippen LogP contribution is 2.24. The first-order valence-corrected chi connectivity index (χ1v) is 8.02. The zero-order valence-electron chi connectivity index (χ0n) is 13.7. The lowest BCUT2D eigenvalue weighted by atomic mass is 9.98. The van der Waals surface area contributed by atoms with E-state index in [-0.39, 0.29) is 23.4 Å². The topological polar surface area (TPSA) is 90.6 Å². The summed E-state index contributed by atoms with van der Waals surface area (Å²) in [6.45, 7) is 4.15. The van der Waals surface area contributed by atoms with E-state index in [1.807, 2.05) is 24.3 Å². The van der Waals surface area contributed by atoms with Gasteiger partial charge in [0.1, 0.15) is 5.82 Å². The highest BCUT2D eigenvalue weighted by molar-refractivity contribution is 5.94. The van der Waals surface area contributed by atoms with Gasteiger partial charge in [0, 0.05) is 12.3 Å². The van der Waals surface area contributed by atoms with E-state index in [1.54, 1.807) is 0 Å². The molecule has 1 aromatic carbocycles. The highest BCUT2D eigenvalue weighted by Gasteiger charge is 2.24. The SMILES string of the molecule is CC[C@@H](C)[C@H](NC(=O)c1ccc(=O)[nH]c1)c1nc2ccccc2[nH]1. The first-order valence-electron chi connectivity index (χ1n) is 8.02. The Hall–Kier alpha value is -2.89. The van der Waals surface area contributed by atoms with E-state index in [4.69, 9.17) is 0 Å². The first kappa shape index (κ1) is 16.0. The van der Waals surface area contributed by atoms with Crippen LogP contribution in [-0.4, -0.2) is 20.9 Å². The molecule has 124 valence electrons. The number of amides is 1. The first-order chi connectivity index (χ1) is 11.6. The van der Waals surface area contributed by atoms with E-state index in [9.17, 15) is 9.59 Å². The fourth-order valence-corrected chi connectivity index (χ4v) is 2.61. The van der Waals surface area contributed by atoms with Crippen molar-refractivity contribution in [3.63, 3.8) is 0 Å². The predicted molar refractivity (Wildman–Crippen MR) is 92.8 cm³/mol. The van der Waals surface area contributed by atoms with Gasteiger partial charge in [-0.1, -0.05) is 32.4 Å². The number of aromatic amines is 2. The molecular formula is C18H20N4O2. The van der Waals surface area contributed by atoms with Gasteiger partial charge >= 0.3 is 0 Å². The van der Waals surface area contributed by atoms with Crippen molar-refractivity contribution in [3.8, 4) is 0 Å². The summed E-state index contributed by atoms with van der Waals surface area (Å²) in [6.07, 6.45) is 2.32. The smallest absolute Gasteiger partial charge is 0.253 e. The second-order valence-electron chi connectivity index (χ2n) is 5.92. The van der Waals surface area contributed by atoms with Gasteiger partial charge in [0.25, 0.3) is 5.91 Å². The Morgan fingerprint density at radius 2 is 2.04 bits per heavy atom. The van der Waals surface area contributed by atoms with E-state index >= 15 is 0 Å². The van der Waals surface area contributed by atoms with Gasteiger partial charge in [-0.25, -0.2) is 4.98 Å². The number of nitrogens with one attached hydrogen (secondary N) is 3. The van der Waals surface area contributed by atoms with Crippen LogP contribution in [0.2, 0.25) is 0 Å². The van der Waals surface area contributed by atoms with E-state index in [1.165, 1.54) is 18.3 Å². The molecule has 0 aliphatic rings. The highest BCUT2D eigenvalue weighted by atomic mass is 16.2. The van der Waals surface area contributed by atoms with Crippen molar-refractivity contribution in [2.45, 2.75) is 26.3 Å². The van der Waals surface area contributed by atoms with Gasteiger partial charge in [-0.05, 0) is 24.1 Å². The van der Waals surface area contributed by atoms with Gasteiger partial charge in [-0.3, -0.25) is 9.59 Å². The Balaban J connectivity index is 1.90. The van der Waals surface area contributed by atoms with Gasteiger partial charge in [-0.15, -0.1) is 0 Å². The quantitative estimate of drug-likeness (QED) is 0.674. The Morgan fingerprint density at radius 1 is 1.25 bits per heavy atom. The van der Waals surface area contributed by atoms with Crippen LogP contribution in [-0.2, 0) is 0 Å². The molecule has 0 aliphatic carbocycles. The summed E-state index contributed by atoms with van der Waals surface area (Å²) in [7, 11) is 0. The van der Waals surface area contributed by atoms with Crippen LogP contribution in [0.4, 0.5) is 0 Å². The minimum absolute atomic E-state index is 0.206. The van der Waals surface area contributed by atoms with E-state index in [2.05, 4.69) is 34.1 Å². The van der Waals surface area contributed by atoms with Crippen molar-refractivity contribution < 1.29 is 4.79 Å². The fourth-order valence-electron chi connectivity index (χ4n) is 2.61. The number of fused-ring (bicyclic) bond motifs is 1. The zero-order valence-corrected chi connectivity index (χ0v) is 13.7. The third-order valence-corrected chi connectivity index (χ3v) is 4.25. The number of para-hydroxylation sites is 2. The number of benzene rings is 1. The van der Waals surface area contributed by atoms with Crippen LogP contribution < -0.4 is 10.9 Å².